The van der Waals surface area contributed by atoms with Gasteiger partial charge < -0.3 is 29.2 Å². The summed E-state index contributed by atoms with van der Waals surface area (Å²) in [5.41, 5.74) is 1.33. The molecule has 8 atom stereocenters. The van der Waals surface area contributed by atoms with Gasteiger partial charge in [-0.2, -0.15) is 0 Å². The largest absolute Gasteiger partial charge is 0.463 e. The van der Waals surface area contributed by atoms with Crippen LogP contribution in [-0.4, -0.2) is 65.6 Å². The van der Waals surface area contributed by atoms with Gasteiger partial charge in [0, 0.05) is 19.8 Å². The Labute approximate surface area is 164 Å². The van der Waals surface area contributed by atoms with E-state index >= 15 is 0 Å². The van der Waals surface area contributed by atoms with E-state index in [0.29, 0.717) is 0 Å². The summed E-state index contributed by atoms with van der Waals surface area (Å²) >= 11 is 0. The molecule has 1 heterocycles. The fourth-order valence-electron chi connectivity index (χ4n) is 4.91. The van der Waals surface area contributed by atoms with Crippen molar-refractivity contribution in [3.8, 4) is 0 Å². The van der Waals surface area contributed by atoms with E-state index in [1.54, 1.807) is 0 Å². The van der Waals surface area contributed by atoms with E-state index in [2.05, 4.69) is 26.8 Å². The predicted octanol–water partition coefficient (Wildman–Crippen LogP) is 0.935. The normalized spacial score (nSPS) is 41.5. The third-order valence-electron chi connectivity index (χ3n) is 6.36. The van der Waals surface area contributed by atoms with Crippen molar-refractivity contribution in [1.29, 1.82) is 0 Å². The van der Waals surface area contributed by atoms with Crippen molar-refractivity contribution in [2.24, 2.45) is 17.3 Å². The van der Waals surface area contributed by atoms with Gasteiger partial charge in [-0.1, -0.05) is 25.5 Å². The third-order valence-corrected chi connectivity index (χ3v) is 6.36. The number of hydrogen-bond donors (Lipinski definition) is 2. The van der Waals surface area contributed by atoms with Crippen molar-refractivity contribution in [1.82, 2.24) is 0 Å². The summed E-state index contributed by atoms with van der Waals surface area (Å²) in [5, 5.41) is 20.8. The molecule has 0 spiro atoms. The standard InChI is InChI=1S/C20H30O8/c1-9-6-7-12-17(14(9)20(12,4)5)28-19-18(26-11(3)22)16(24)15(23)13(27-19)8-25-10(2)21/h6,12-19,23-24H,7-8H2,1-5H3/t12-,13-,14+,15-,16+,17-,18-,19+/m1/s1. The minimum atomic E-state index is -1.42. The highest BCUT2D eigenvalue weighted by Crippen LogP contribution is 2.60. The Morgan fingerprint density at radius 3 is 2.39 bits per heavy atom. The fraction of sp³-hybridized carbons (Fsp3) is 0.800. The predicted molar refractivity (Wildman–Crippen MR) is 96.9 cm³/mol. The Kier molecular flexibility index (Phi) is 5.87. The molecular formula is C20H30O8. The minimum Gasteiger partial charge on any atom is -0.463 e. The second kappa shape index (κ2) is 7.74. The topological polar surface area (TPSA) is 112 Å². The molecule has 1 saturated carbocycles. The van der Waals surface area contributed by atoms with Crippen LogP contribution in [0.25, 0.3) is 0 Å². The molecule has 2 aliphatic carbocycles. The molecule has 0 aromatic rings. The zero-order valence-electron chi connectivity index (χ0n) is 17.0. The molecule has 3 aliphatic rings. The van der Waals surface area contributed by atoms with E-state index in [-0.39, 0.29) is 30.0 Å². The second-order valence-electron chi connectivity index (χ2n) is 8.59. The van der Waals surface area contributed by atoms with Crippen LogP contribution < -0.4 is 0 Å². The molecule has 0 amide bonds. The highest BCUT2D eigenvalue weighted by molar-refractivity contribution is 5.66. The van der Waals surface area contributed by atoms with Gasteiger partial charge in [0.1, 0.15) is 24.9 Å². The quantitative estimate of drug-likeness (QED) is 0.520. The van der Waals surface area contributed by atoms with Crippen LogP contribution in [-0.2, 0) is 28.5 Å². The second-order valence-corrected chi connectivity index (χ2v) is 8.59. The van der Waals surface area contributed by atoms with Gasteiger partial charge in [-0.25, -0.2) is 0 Å². The smallest absolute Gasteiger partial charge is 0.303 e. The van der Waals surface area contributed by atoms with E-state index in [4.69, 9.17) is 18.9 Å². The van der Waals surface area contributed by atoms with Crippen LogP contribution >= 0.6 is 0 Å². The van der Waals surface area contributed by atoms with Crippen molar-refractivity contribution < 1.29 is 38.7 Å². The first kappa shape index (κ1) is 21.2. The molecule has 0 radical (unpaired) electrons. The molecule has 2 fully saturated rings. The first-order valence-corrected chi connectivity index (χ1v) is 9.68. The number of fused-ring (bicyclic) bond motifs is 2. The van der Waals surface area contributed by atoms with Crippen molar-refractivity contribution in [3.63, 3.8) is 0 Å². The van der Waals surface area contributed by atoms with Crippen LogP contribution in [0.1, 0.15) is 41.0 Å². The summed E-state index contributed by atoms with van der Waals surface area (Å²) in [6.07, 6.45) is -3.08. The molecule has 1 aliphatic heterocycles. The van der Waals surface area contributed by atoms with Crippen LogP contribution in [0, 0.1) is 17.3 Å². The summed E-state index contributed by atoms with van der Waals surface area (Å²) in [7, 11) is 0. The number of rotatable bonds is 5. The molecule has 1 saturated heterocycles. The zero-order valence-corrected chi connectivity index (χ0v) is 17.0. The maximum absolute atomic E-state index is 11.5. The van der Waals surface area contributed by atoms with Crippen molar-refractivity contribution >= 4 is 11.9 Å². The van der Waals surface area contributed by atoms with Gasteiger partial charge in [-0.05, 0) is 24.7 Å². The Bertz CT molecular complexity index is 655. The van der Waals surface area contributed by atoms with E-state index in [0.717, 1.165) is 6.42 Å². The summed E-state index contributed by atoms with van der Waals surface area (Å²) in [4.78, 5) is 22.6. The lowest BCUT2D eigenvalue weighted by Crippen LogP contribution is -2.66. The summed E-state index contributed by atoms with van der Waals surface area (Å²) in [5.74, 6) is -0.666. The van der Waals surface area contributed by atoms with Crippen molar-refractivity contribution in [3.05, 3.63) is 11.6 Å². The Morgan fingerprint density at radius 2 is 1.86 bits per heavy atom. The molecule has 0 unspecified atom stereocenters. The summed E-state index contributed by atoms with van der Waals surface area (Å²) in [6.45, 7) is 8.70. The average molecular weight is 398 g/mol. The lowest BCUT2D eigenvalue weighted by Gasteiger charge is -2.62. The minimum absolute atomic E-state index is 0.0877. The van der Waals surface area contributed by atoms with Gasteiger partial charge in [0.05, 0.1) is 6.10 Å². The maximum atomic E-state index is 11.5. The lowest BCUT2D eigenvalue weighted by molar-refractivity contribution is -0.340. The number of carbonyl (C=O) groups is 2. The van der Waals surface area contributed by atoms with Gasteiger partial charge in [-0.3, -0.25) is 9.59 Å². The average Bonchev–Trinajstić information content (AvgIpc) is 2.59. The van der Waals surface area contributed by atoms with Gasteiger partial charge in [0.15, 0.2) is 12.4 Å². The van der Waals surface area contributed by atoms with Gasteiger partial charge in [-0.15, -0.1) is 0 Å². The number of allylic oxidation sites excluding steroid dienone is 1. The fourth-order valence-corrected chi connectivity index (χ4v) is 4.91. The third kappa shape index (κ3) is 3.70. The molecule has 28 heavy (non-hydrogen) atoms. The highest BCUT2D eigenvalue weighted by atomic mass is 16.7. The van der Waals surface area contributed by atoms with Crippen LogP contribution in [0.15, 0.2) is 11.6 Å². The zero-order chi connectivity index (χ0) is 20.8. The van der Waals surface area contributed by atoms with Crippen molar-refractivity contribution in [2.45, 2.75) is 77.8 Å². The number of ether oxygens (including phenoxy) is 4. The van der Waals surface area contributed by atoms with E-state index in [9.17, 15) is 19.8 Å². The lowest BCUT2D eigenvalue weighted by atomic mass is 9.47. The first-order chi connectivity index (χ1) is 13.0. The number of esters is 2. The number of hydrogen-bond acceptors (Lipinski definition) is 8. The molecule has 158 valence electrons. The molecular weight excluding hydrogens is 368 g/mol. The Morgan fingerprint density at radius 1 is 1.18 bits per heavy atom. The molecule has 2 N–H and O–H groups in total. The van der Waals surface area contributed by atoms with E-state index in [1.807, 2.05) is 0 Å². The molecule has 0 aromatic carbocycles. The summed E-state index contributed by atoms with van der Waals surface area (Å²) in [6, 6.07) is 0. The monoisotopic (exact) mass is 398 g/mol. The van der Waals surface area contributed by atoms with E-state index < -0.39 is 42.6 Å². The van der Waals surface area contributed by atoms with Gasteiger partial charge in [0.25, 0.3) is 0 Å². The van der Waals surface area contributed by atoms with Gasteiger partial charge in [0.2, 0.25) is 0 Å². The SMILES string of the molecule is CC(=O)OC[C@H]1O[C@@H](O[C@@H]2[C@H]3CC=C(C)[C@@H]2C3(C)C)[C@H](OC(C)=O)[C@@H](O)[C@@H]1O. The maximum Gasteiger partial charge on any atom is 0.303 e. The van der Waals surface area contributed by atoms with E-state index in [1.165, 1.54) is 19.4 Å². The molecule has 3 rings (SSSR count). The van der Waals surface area contributed by atoms with Crippen LogP contribution in [0.5, 0.6) is 0 Å². The van der Waals surface area contributed by atoms with Crippen molar-refractivity contribution in [2.75, 3.05) is 6.61 Å². The summed E-state index contributed by atoms with van der Waals surface area (Å²) < 4.78 is 22.2. The number of carbonyl (C=O) groups excluding carboxylic acids is 2. The van der Waals surface area contributed by atoms with Crippen LogP contribution in [0.4, 0.5) is 0 Å². The van der Waals surface area contributed by atoms with Gasteiger partial charge >= 0.3 is 11.9 Å². The van der Waals surface area contributed by atoms with Crippen LogP contribution in [0.3, 0.4) is 0 Å². The molecule has 8 heteroatoms. The number of aliphatic hydroxyl groups is 2. The highest BCUT2D eigenvalue weighted by Gasteiger charge is 2.61. The Hall–Kier alpha value is -1.48. The molecule has 2 bridgehead atoms. The van der Waals surface area contributed by atoms with Crippen LogP contribution in [0.2, 0.25) is 0 Å². The molecule has 8 nitrogen and oxygen atoms in total. The first-order valence-electron chi connectivity index (χ1n) is 9.68. The number of aliphatic hydroxyl groups excluding tert-OH is 2. The Balaban J connectivity index is 1.78. The molecule has 0 aromatic heterocycles.